The third-order valence-corrected chi connectivity index (χ3v) is 4.38. The Labute approximate surface area is 167 Å². The number of aromatic nitrogens is 3. The number of amides is 1. The Bertz CT molecular complexity index is 1080. The molecule has 0 radical (unpaired) electrons. The molecule has 30 heavy (non-hydrogen) atoms. The topological polar surface area (TPSA) is 87.4 Å². The molecular formula is C19H15F3N4O4. The van der Waals surface area contributed by atoms with E-state index in [1.54, 1.807) is 29.1 Å². The Balaban J connectivity index is 1.67. The van der Waals surface area contributed by atoms with Gasteiger partial charge in [-0.2, -0.15) is 18.3 Å². The number of esters is 1. The van der Waals surface area contributed by atoms with Crippen molar-refractivity contribution >= 4 is 12.1 Å². The summed E-state index contributed by atoms with van der Waals surface area (Å²) in [4.78, 5) is 23.7. The first-order valence-corrected chi connectivity index (χ1v) is 8.83. The lowest BCUT2D eigenvalue weighted by atomic mass is 10.2. The number of hydrogen-bond donors (Lipinski definition) is 1. The Morgan fingerprint density at radius 1 is 1.27 bits per heavy atom. The first kappa shape index (κ1) is 19.6. The lowest BCUT2D eigenvalue weighted by molar-refractivity contribution is -0.137. The Hall–Kier alpha value is -3.76. The van der Waals surface area contributed by atoms with E-state index in [2.05, 4.69) is 10.4 Å². The summed E-state index contributed by atoms with van der Waals surface area (Å²) in [6.45, 7) is 0.0392. The molecule has 11 heteroatoms. The second kappa shape index (κ2) is 7.58. The first-order valence-electron chi connectivity index (χ1n) is 8.83. The molecule has 0 spiro atoms. The molecule has 1 N–H and O–H groups in total. The Morgan fingerprint density at radius 2 is 2.03 bits per heavy atom. The second-order valence-electron chi connectivity index (χ2n) is 6.44. The van der Waals surface area contributed by atoms with E-state index in [0.717, 1.165) is 12.1 Å². The molecule has 3 heterocycles. The van der Waals surface area contributed by atoms with Crippen LogP contribution in [0.4, 0.5) is 18.0 Å². The van der Waals surface area contributed by atoms with Crippen LogP contribution in [0.15, 0.2) is 55.0 Å². The second-order valence-corrected chi connectivity index (χ2v) is 6.44. The van der Waals surface area contributed by atoms with Gasteiger partial charge in [0.05, 0.1) is 24.0 Å². The summed E-state index contributed by atoms with van der Waals surface area (Å²) in [5, 5.41) is 6.55. The van der Waals surface area contributed by atoms with E-state index >= 15 is 0 Å². The average Bonchev–Trinajstić information content (AvgIpc) is 3.45. The number of cyclic esters (lactones) is 1. The van der Waals surface area contributed by atoms with E-state index in [4.69, 9.17) is 9.47 Å². The van der Waals surface area contributed by atoms with Crippen LogP contribution in [0.2, 0.25) is 0 Å². The van der Waals surface area contributed by atoms with E-state index < -0.39 is 29.9 Å². The van der Waals surface area contributed by atoms with Gasteiger partial charge in [0.15, 0.2) is 11.9 Å². The lowest BCUT2D eigenvalue weighted by Crippen LogP contribution is -2.23. The number of carbonyl (C=O) groups excluding carboxylic acids is 2. The molecule has 1 aliphatic heterocycles. The molecule has 3 aromatic rings. The number of halogens is 3. The van der Waals surface area contributed by atoms with Gasteiger partial charge >= 0.3 is 18.2 Å². The molecule has 1 saturated heterocycles. The van der Waals surface area contributed by atoms with E-state index in [1.807, 2.05) is 0 Å². The number of carbonyl (C=O) groups is 2. The van der Waals surface area contributed by atoms with Gasteiger partial charge in [0.1, 0.15) is 12.2 Å². The zero-order valence-corrected chi connectivity index (χ0v) is 15.3. The third kappa shape index (κ3) is 3.86. The van der Waals surface area contributed by atoms with Crippen molar-refractivity contribution in [2.45, 2.75) is 12.3 Å². The fourth-order valence-electron chi connectivity index (χ4n) is 2.98. The van der Waals surface area contributed by atoms with Gasteiger partial charge in [0.2, 0.25) is 0 Å². The molecule has 1 fully saturated rings. The summed E-state index contributed by atoms with van der Waals surface area (Å²) in [5.74, 6) is -0.536. The molecule has 1 aliphatic rings. The monoisotopic (exact) mass is 420 g/mol. The Kier molecular flexibility index (Phi) is 4.94. The highest BCUT2D eigenvalue weighted by molar-refractivity contribution is 5.93. The fraction of sp³-hybridized carbons (Fsp3) is 0.211. The normalized spacial score (nSPS) is 16.2. The van der Waals surface area contributed by atoms with E-state index in [-0.39, 0.29) is 30.2 Å². The maximum absolute atomic E-state index is 13.1. The minimum atomic E-state index is -4.52. The predicted molar refractivity (Wildman–Crippen MR) is 96.4 cm³/mol. The number of alkyl carbamates (subject to hydrolysis) is 1. The number of nitrogens with one attached hydrogen (secondary N) is 1. The summed E-state index contributed by atoms with van der Waals surface area (Å²) in [6.07, 6.45) is -1.26. The van der Waals surface area contributed by atoms with Crippen molar-refractivity contribution in [3.63, 3.8) is 0 Å². The van der Waals surface area contributed by atoms with Gasteiger partial charge in [-0.25, -0.2) is 14.3 Å². The molecule has 0 saturated carbocycles. The maximum Gasteiger partial charge on any atom is 0.416 e. The molecule has 1 unspecified atom stereocenters. The van der Waals surface area contributed by atoms with Crippen molar-refractivity contribution in [1.82, 2.24) is 19.7 Å². The Morgan fingerprint density at radius 3 is 2.70 bits per heavy atom. The van der Waals surface area contributed by atoms with Crippen LogP contribution in [0.1, 0.15) is 15.9 Å². The van der Waals surface area contributed by atoms with Crippen molar-refractivity contribution in [2.75, 3.05) is 13.2 Å². The highest BCUT2D eigenvalue weighted by Gasteiger charge is 2.31. The molecule has 1 atom stereocenters. The number of alkyl halides is 3. The summed E-state index contributed by atoms with van der Waals surface area (Å²) in [5.41, 5.74) is -0.670. The van der Waals surface area contributed by atoms with Crippen molar-refractivity contribution in [3.8, 4) is 11.5 Å². The smallest absolute Gasteiger partial charge is 0.416 e. The predicted octanol–water partition coefficient (Wildman–Crippen LogP) is 2.95. The van der Waals surface area contributed by atoms with Gasteiger partial charge in [-0.15, -0.1) is 0 Å². The number of nitrogens with zero attached hydrogens (tertiary/aromatic N) is 3. The van der Waals surface area contributed by atoms with Crippen LogP contribution in [-0.4, -0.2) is 45.7 Å². The van der Waals surface area contributed by atoms with E-state index in [9.17, 15) is 22.8 Å². The molecular weight excluding hydrogens is 405 g/mol. The summed E-state index contributed by atoms with van der Waals surface area (Å²) >= 11 is 0. The first-order chi connectivity index (χ1) is 14.3. The molecule has 1 aromatic carbocycles. The molecule has 2 aromatic heterocycles. The molecule has 8 nitrogen and oxygen atoms in total. The minimum absolute atomic E-state index is 0.0425. The van der Waals surface area contributed by atoms with Crippen LogP contribution in [-0.2, 0) is 15.7 Å². The van der Waals surface area contributed by atoms with Gasteiger partial charge < -0.3 is 19.4 Å². The largest absolute Gasteiger partial charge is 0.458 e. The highest BCUT2D eigenvalue weighted by Crippen LogP contribution is 2.31. The van der Waals surface area contributed by atoms with Crippen LogP contribution >= 0.6 is 0 Å². The molecule has 156 valence electrons. The molecule has 0 bridgehead atoms. The number of benzene rings is 1. The van der Waals surface area contributed by atoms with Crippen LogP contribution in [0.3, 0.4) is 0 Å². The standard InChI is InChI=1S/C19H15F3N4O4/c20-19(21,22)12-4-3-5-13(8-12)26-16(25-6-1-2-7-25)15(10-24-26)17(27)29-11-14-9-23-18(28)30-14/h1-8,10,14H,9,11H2,(H,23,28). The minimum Gasteiger partial charge on any atom is -0.458 e. The van der Waals surface area contributed by atoms with E-state index in [1.165, 1.54) is 23.0 Å². The van der Waals surface area contributed by atoms with Crippen LogP contribution in [0.25, 0.3) is 11.5 Å². The van der Waals surface area contributed by atoms with Gasteiger partial charge in [-0.1, -0.05) is 6.07 Å². The van der Waals surface area contributed by atoms with Gasteiger partial charge in [0.25, 0.3) is 0 Å². The van der Waals surface area contributed by atoms with Crippen molar-refractivity contribution < 1.29 is 32.2 Å². The highest BCUT2D eigenvalue weighted by atomic mass is 19.4. The van der Waals surface area contributed by atoms with Crippen molar-refractivity contribution in [1.29, 1.82) is 0 Å². The quantitative estimate of drug-likeness (QED) is 0.642. The summed E-state index contributed by atoms with van der Waals surface area (Å²) < 4.78 is 52.3. The van der Waals surface area contributed by atoms with Gasteiger partial charge in [-0.05, 0) is 30.3 Å². The summed E-state index contributed by atoms with van der Waals surface area (Å²) in [7, 11) is 0. The van der Waals surface area contributed by atoms with Gasteiger partial charge in [-0.3, -0.25) is 0 Å². The average molecular weight is 420 g/mol. The maximum atomic E-state index is 13.1. The zero-order chi connectivity index (χ0) is 21.3. The fourth-order valence-corrected chi connectivity index (χ4v) is 2.98. The van der Waals surface area contributed by atoms with Crippen LogP contribution < -0.4 is 5.32 Å². The molecule has 4 rings (SSSR count). The van der Waals surface area contributed by atoms with Crippen LogP contribution in [0, 0.1) is 0 Å². The number of rotatable bonds is 5. The van der Waals surface area contributed by atoms with E-state index in [0.29, 0.717) is 0 Å². The number of hydrogen-bond acceptors (Lipinski definition) is 5. The summed E-state index contributed by atoms with van der Waals surface area (Å²) in [6, 6.07) is 8.00. The zero-order valence-electron chi connectivity index (χ0n) is 15.3. The number of ether oxygens (including phenoxy) is 2. The molecule has 1 amide bonds. The third-order valence-electron chi connectivity index (χ3n) is 4.38. The lowest BCUT2D eigenvalue weighted by Gasteiger charge is -2.13. The molecule has 0 aliphatic carbocycles. The van der Waals surface area contributed by atoms with Crippen LogP contribution in [0.5, 0.6) is 0 Å². The van der Waals surface area contributed by atoms with Gasteiger partial charge in [0, 0.05) is 12.4 Å². The van der Waals surface area contributed by atoms with Crippen molar-refractivity contribution in [2.24, 2.45) is 0 Å². The SMILES string of the molecule is O=C1NCC(COC(=O)c2cnn(-c3cccc(C(F)(F)F)c3)c2-n2cccc2)O1. The van der Waals surface area contributed by atoms with Crippen molar-refractivity contribution in [3.05, 3.63) is 66.1 Å².